The molecule has 0 saturated heterocycles. The lowest BCUT2D eigenvalue weighted by molar-refractivity contribution is 1.20. The Kier molecular flexibility index (Phi) is 2.17. The van der Waals surface area contributed by atoms with Gasteiger partial charge in [0.15, 0.2) is 5.13 Å². The normalized spacial score (nSPS) is 10.6. The van der Waals surface area contributed by atoms with Crippen molar-refractivity contribution in [2.24, 2.45) is 0 Å². The average molecular weight is 208 g/mol. The second kappa shape index (κ2) is 3.34. The Morgan fingerprint density at radius 3 is 2.71 bits per heavy atom. The summed E-state index contributed by atoms with van der Waals surface area (Å²) in [6, 6.07) is 3.60. The van der Waals surface area contributed by atoms with Crippen LogP contribution in [-0.4, -0.2) is 11.5 Å². The first-order chi connectivity index (χ1) is 6.72. The maximum atomic E-state index is 5.82. The summed E-state index contributed by atoms with van der Waals surface area (Å²) in [5.41, 5.74) is 13.8. The van der Waals surface area contributed by atoms with Gasteiger partial charge in [-0.2, -0.15) is 0 Å². The molecule has 0 atom stereocenters. The van der Waals surface area contributed by atoms with Crippen LogP contribution in [0.15, 0.2) is 12.1 Å². The minimum atomic E-state index is 0.676. The van der Waals surface area contributed by atoms with Gasteiger partial charge >= 0.3 is 0 Å². The van der Waals surface area contributed by atoms with Crippen molar-refractivity contribution in [3.8, 4) is 0 Å². The van der Waals surface area contributed by atoms with Gasteiger partial charge in [0.25, 0.3) is 0 Å². The number of hydrogen-bond acceptors (Lipinski definition) is 5. The second-order valence-electron chi connectivity index (χ2n) is 2.97. The van der Waals surface area contributed by atoms with Gasteiger partial charge in [-0.1, -0.05) is 11.3 Å². The monoisotopic (exact) mass is 208 g/mol. The van der Waals surface area contributed by atoms with Crippen LogP contribution >= 0.6 is 11.3 Å². The van der Waals surface area contributed by atoms with Crippen molar-refractivity contribution >= 4 is 38.1 Å². The van der Waals surface area contributed by atoms with E-state index >= 15 is 0 Å². The summed E-state index contributed by atoms with van der Waals surface area (Å²) in [7, 11) is 0. The van der Waals surface area contributed by atoms with Crippen molar-refractivity contribution in [3.63, 3.8) is 0 Å². The third kappa shape index (κ3) is 1.35. The van der Waals surface area contributed by atoms with Crippen molar-refractivity contribution in [1.82, 2.24) is 4.98 Å². The van der Waals surface area contributed by atoms with E-state index in [9.17, 15) is 0 Å². The lowest BCUT2D eigenvalue weighted by Gasteiger charge is -1.96. The molecule has 0 bridgehead atoms. The number of aromatic nitrogens is 1. The van der Waals surface area contributed by atoms with Crippen LogP contribution in [0.2, 0.25) is 0 Å². The molecule has 2 aromatic rings. The zero-order valence-corrected chi connectivity index (χ0v) is 8.69. The Bertz CT molecular complexity index is 424. The molecule has 0 fully saturated rings. The topological polar surface area (TPSA) is 77.0 Å². The van der Waals surface area contributed by atoms with Gasteiger partial charge in [0, 0.05) is 6.54 Å². The summed E-state index contributed by atoms with van der Waals surface area (Å²) in [5.74, 6) is 0. The number of nitrogens with one attached hydrogen (secondary N) is 1. The van der Waals surface area contributed by atoms with Crippen molar-refractivity contribution in [1.29, 1.82) is 0 Å². The number of nitrogens with zero attached hydrogens (tertiary/aromatic N) is 1. The van der Waals surface area contributed by atoms with Crippen LogP contribution in [0.1, 0.15) is 6.92 Å². The fourth-order valence-corrected chi connectivity index (χ4v) is 2.27. The van der Waals surface area contributed by atoms with Gasteiger partial charge in [-0.3, -0.25) is 0 Å². The van der Waals surface area contributed by atoms with E-state index in [-0.39, 0.29) is 0 Å². The molecule has 1 aromatic carbocycles. The summed E-state index contributed by atoms with van der Waals surface area (Å²) in [6.07, 6.45) is 0. The number of thiazole rings is 1. The fraction of sp³-hybridized carbons (Fsp3) is 0.222. The molecule has 74 valence electrons. The first-order valence-electron chi connectivity index (χ1n) is 4.40. The summed E-state index contributed by atoms with van der Waals surface area (Å²) in [5, 5.41) is 4.02. The van der Waals surface area contributed by atoms with Crippen molar-refractivity contribution < 1.29 is 0 Å². The molecule has 5 N–H and O–H groups in total. The molecular weight excluding hydrogens is 196 g/mol. The Balaban J connectivity index is 2.63. The quantitative estimate of drug-likeness (QED) is 0.659. The Morgan fingerprint density at radius 2 is 2.07 bits per heavy atom. The van der Waals surface area contributed by atoms with Gasteiger partial charge < -0.3 is 16.8 Å². The fourth-order valence-electron chi connectivity index (χ4n) is 1.27. The van der Waals surface area contributed by atoms with Crippen LogP contribution in [0, 0.1) is 0 Å². The maximum Gasteiger partial charge on any atom is 0.183 e. The van der Waals surface area contributed by atoms with Crippen LogP contribution in [0.4, 0.5) is 16.5 Å². The molecule has 0 aliphatic heterocycles. The van der Waals surface area contributed by atoms with Crippen LogP contribution in [-0.2, 0) is 0 Å². The Labute approximate surface area is 85.9 Å². The molecule has 2 rings (SSSR count). The van der Waals surface area contributed by atoms with E-state index in [4.69, 9.17) is 11.5 Å². The first-order valence-corrected chi connectivity index (χ1v) is 5.22. The second-order valence-corrected chi connectivity index (χ2v) is 3.97. The number of hydrogen-bond donors (Lipinski definition) is 3. The first kappa shape index (κ1) is 9.08. The predicted octanol–water partition coefficient (Wildman–Crippen LogP) is 1.89. The largest absolute Gasteiger partial charge is 0.398 e. The summed E-state index contributed by atoms with van der Waals surface area (Å²) >= 11 is 1.54. The molecule has 4 nitrogen and oxygen atoms in total. The molecule has 1 aromatic heterocycles. The molecule has 1 heterocycles. The minimum absolute atomic E-state index is 0.676. The molecule has 0 aliphatic rings. The van der Waals surface area contributed by atoms with Crippen molar-refractivity contribution in [3.05, 3.63) is 12.1 Å². The van der Waals surface area contributed by atoms with E-state index in [0.29, 0.717) is 5.69 Å². The molecule has 0 saturated carbocycles. The summed E-state index contributed by atoms with van der Waals surface area (Å²) in [4.78, 5) is 4.37. The standard InChI is InChI=1S/C9H12N4S/c1-2-12-9-13-7-5(10)3-4-6(11)8(7)14-9/h3-4H,2,10-11H2,1H3,(H,12,13). The maximum absolute atomic E-state index is 5.82. The minimum Gasteiger partial charge on any atom is -0.398 e. The van der Waals surface area contributed by atoms with E-state index in [2.05, 4.69) is 10.3 Å². The number of nitrogens with two attached hydrogens (primary N) is 2. The van der Waals surface area contributed by atoms with E-state index in [0.717, 1.165) is 27.6 Å². The van der Waals surface area contributed by atoms with Crippen LogP contribution < -0.4 is 16.8 Å². The Hall–Kier alpha value is -1.49. The van der Waals surface area contributed by atoms with Crippen LogP contribution in [0.3, 0.4) is 0 Å². The highest BCUT2D eigenvalue weighted by Gasteiger charge is 2.08. The highest BCUT2D eigenvalue weighted by atomic mass is 32.1. The van der Waals surface area contributed by atoms with E-state index in [1.165, 1.54) is 11.3 Å². The van der Waals surface area contributed by atoms with E-state index in [1.807, 2.05) is 13.0 Å². The zero-order chi connectivity index (χ0) is 10.1. The molecule has 0 amide bonds. The summed E-state index contributed by atoms with van der Waals surface area (Å²) < 4.78 is 0.959. The van der Waals surface area contributed by atoms with Gasteiger partial charge in [0.2, 0.25) is 0 Å². The van der Waals surface area contributed by atoms with Gasteiger partial charge in [-0.05, 0) is 19.1 Å². The van der Waals surface area contributed by atoms with Gasteiger partial charge in [0.05, 0.1) is 16.1 Å². The molecule has 0 radical (unpaired) electrons. The molecular formula is C9H12N4S. The number of nitrogen functional groups attached to an aromatic ring is 2. The zero-order valence-electron chi connectivity index (χ0n) is 7.87. The molecule has 14 heavy (non-hydrogen) atoms. The van der Waals surface area contributed by atoms with Crippen molar-refractivity contribution in [2.75, 3.05) is 23.3 Å². The van der Waals surface area contributed by atoms with E-state index in [1.54, 1.807) is 6.07 Å². The van der Waals surface area contributed by atoms with Crippen molar-refractivity contribution in [2.45, 2.75) is 6.92 Å². The number of anilines is 3. The van der Waals surface area contributed by atoms with E-state index < -0.39 is 0 Å². The van der Waals surface area contributed by atoms with Gasteiger partial charge in [0.1, 0.15) is 5.52 Å². The van der Waals surface area contributed by atoms with Crippen LogP contribution in [0.5, 0.6) is 0 Å². The highest BCUT2D eigenvalue weighted by molar-refractivity contribution is 7.22. The Morgan fingerprint density at radius 1 is 1.36 bits per heavy atom. The smallest absolute Gasteiger partial charge is 0.183 e. The lowest BCUT2D eigenvalue weighted by atomic mass is 10.2. The number of benzene rings is 1. The van der Waals surface area contributed by atoms with Gasteiger partial charge in [-0.15, -0.1) is 0 Å². The number of rotatable bonds is 2. The summed E-state index contributed by atoms with van der Waals surface area (Å²) in [6.45, 7) is 2.87. The molecule has 0 spiro atoms. The van der Waals surface area contributed by atoms with Gasteiger partial charge in [-0.25, -0.2) is 4.98 Å². The SMILES string of the molecule is CCNc1nc2c(N)ccc(N)c2s1. The number of fused-ring (bicyclic) bond motifs is 1. The molecule has 5 heteroatoms. The highest BCUT2D eigenvalue weighted by Crippen LogP contribution is 2.33. The predicted molar refractivity (Wildman–Crippen MR) is 62.6 cm³/mol. The lowest BCUT2D eigenvalue weighted by Crippen LogP contribution is -1.95. The third-order valence-electron chi connectivity index (χ3n) is 1.93. The third-order valence-corrected chi connectivity index (χ3v) is 3.00. The van der Waals surface area contributed by atoms with Crippen LogP contribution in [0.25, 0.3) is 10.2 Å². The molecule has 0 aliphatic carbocycles. The average Bonchev–Trinajstić information content (AvgIpc) is 2.57. The molecule has 0 unspecified atom stereocenters.